The van der Waals surface area contributed by atoms with E-state index in [-0.39, 0.29) is 16.4 Å². The molecule has 0 bridgehead atoms. The highest BCUT2D eigenvalue weighted by molar-refractivity contribution is 7.96. The third-order valence-electron chi connectivity index (χ3n) is 4.78. The highest BCUT2D eigenvalue weighted by atomic mass is 35.5. The SMILES string of the molecule is Cc1ccc(S(=O)(=O)C2CS(=O)(=O)CC2NCCc2ccc(Cl)cc2)cc1. The number of sulfone groups is 2. The van der Waals surface area contributed by atoms with Crippen LogP contribution in [0.15, 0.2) is 53.4 Å². The molecule has 8 heteroatoms. The number of rotatable bonds is 6. The Morgan fingerprint density at radius 1 is 1.04 bits per heavy atom. The van der Waals surface area contributed by atoms with Gasteiger partial charge in [0.15, 0.2) is 19.7 Å². The van der Waals surface area contributed by atoms with Gasteiger partial charge in [0.2, 0.25) is 0 Å². The van der Waals surface area contributed by atoms with Gasteiger partial charge in [0, 0.05) is 11.1 Å². The molecule has 0 saturated carbocycles. The highest BCUT2D eigenvalue weighted by Gasteiger charge is 2.45. The lowest BCUT2D eigenvalue weighted by molar-refractivity contribution is 0.528. The molecule has 0 aromatic heterocycles. The van der Waals surface area contributed by atoms with Crippen molar-refractivity contribution < 1.29 is 16.8 Å². The van der Waals surface area contributed by atoms with Crippen LogP contribution in [0.4, 0.5) is 0 Å². The summed E-state index contributed by atoms with van der Waals surface area (Å²) in [4.78, 5) is 0.166. The molecular weight excluding hydrogens is 406 g/mol. The van der Waals surface area contributed by atoms with Gasteiger partial charge in [-0.25, -0.2) is 16.8 Å². The maximum atomic E-state index is 13.0. The minimum absolute atomic E-state index is 0.163. The van der Waals surface area contributed by atoms with Crippen LogP contribution in [0.25, 0.3) is 0 Å². The topological polar surface area (TPSA) is 80.3 Å². The van der Waals surface area contributed by atoms with Crippen molar-refractivity contribution in [1.29, 1.82) is 0 Å². The highest BCUT2D eigenvalue weighted by Crippen LogP contribution is 2.26. The van der Waals surface area contributed by atoms with Crippen molar-refractivity contribution in [2.24, 2.45) is 0 Å². The van der Waals surface area contributed by atoms with E-state index in [9.17, 15) is 16.8 Å². The Hall–Kier alpha value is -1.41. The van der Waals surface area contributed by atoms with Gasteiger partial charge in [-0.15, -0.1) is 0 Å². The van der Waals surface area contributed by atoms with E-state index in [1.54, 1.807) is 36.4 Å². The van der Waals surface area contributed by atoms with Crippen LogP contribution in [0.2, 0.25) is 5.02 Å². The van der Waals surface area contributed by atoms with Gasteiger partial charge >= 0.3 is 0 Å². The molecule has 1 N–H and O–H groups in total. The molecular formula is C19H22ClNO4S2. The first kappa shape index (κ1) is 20.3. The van der Waals surface area contributed by atoms with Crippen LogP contribution >= 0.6 is 11.6 Å². The van der Waals surface area contributed by atoms with Crippen molar-refractivity contribution in [2.75, 3.05) is 18.1 Å². The number of halogens is 1. The second-order valence-electron chi connectivity index (χ2n) is 6.91. The molecule has 2 atom stereocenters. The third-order valence-corrected chi connectivity index (χ3v) is 9.20. The van der Waals surface area contributed by atoms with E-state index in [1.807, 2.05) is 19.1 Å². The van der Waals surface area contributed by atoms with Gasteiger partial charge in [0.1, 0.15) is 0 Å². The molecule has 1 aliphatic heterocycles. The van der Waals surface area contributed by atoms with E-state index in [4.69, 9.17) is 11.6 Å². The van der Waals surface area contributed by atoms with Crippen LogP contribution in [0, 0.1) is 6.92 Å². The zero-order chi connectivity index (χ0) is 19.7. The molecule has 0 radical (unpaired) electrons. The first-order valence-electron chi connectivity index (χ1n) is 8.66. The summed E-state index contributed by atoms with van der Waals surface area (Å²) in [6.45, 7) is 2.36. The molecule has 27 heavy (non-hydrogen) atoms. The second kappa shape index (κ2) is 7.91. The maximum absolute atomic E-state index is 13.0. The predicted octanol–water partition coefficient (Wildman–Crippen LogP) is 2.42. The van der Waals surface area contributed by atoms with Gasteiger partial charge in [-0.05, 0) is 49.7 Å². The number of benzene rings is 2. The molecule has 1 heterocycles. The fourth-order valence-electron chi connectivity index (χ4n) is 3.27. The fraction of sp³-hybridized carbons (Fsp3) is 0.368. The van der Waals surface area contributed by atoms with Gasteiger partial charge < -0.3 is 5.32 Å². The minimum Gasteiger partial charge on any atom is -0.311 e. The quantitative estimate of drug-likeness (QED) is 0.765. The summed E-state index contributed by atoms with van der Waals surface area (Å²) >= 11 is 5.87. The first-order chi connectivity index (χ1) is 12.7. The molecule has 2 aromatic rings. The van der Waals surface area contributed by atoms with Crippen molar-refractivity contribution in [3.05, 3.63) is 64.7 Å². The molecule has 1 aliphatic rings. The molecule has 2 unspecified atom stereocenters. The van der Waals surface area contributed by atoms with Crippen molar-refractivity contribution in [1.82, 2.24) is 5.32 Å². The lowest BCUT2D eigenvalue weighted by Gasteiger charge is -2.20. The van der Waals surface area contributed by atoms with E-state index >= 15 is 0 Å². The summed E-state index contributed by atoms with van der Waals surface area (Å²) in [6, 6.07) is 13.3. The van der Waals surface area contributed by atoms with Crippen molar-refractivity contribution in [3.8, 4) is 0 Å². The lowest BCUT2D eigenvalue weighted by Crippen LogP contribution is -2.44. The van der Waals surface area contributed by atoms with Gasteiger partial charge in [0.05, 0.1) is 21.7 Å². The van der Waals surface area contributed by atoms with E-state index < -0.39 is 31.0 Å². The summed E-state index contributed by atoms with van der Waals surface area (Å²) in [7, 11) is -7.14. The Bertz CT molecular complexity index is 1000. The molecule has 0 spiro atoms. The maximum Gasteiger partial charge on any atom is 0.183 e. The average molecular weight is 428 g/mol. The molecule has 146 valence electrons. The molecule has 1 saturated heterocycles. The Morgan fingerprint density at radius 3 is 2.30 bits per heavy atom. The Balaban J connectivity index is 1.74. The number of hydrogen-bond acceptors (Lipinski definition) is 5. The lowest BCUT2D eigenvalue weighted by atomic mass is 10.1. The first-order valence-corrected chi connectivity index (χ1v) is 12.4. The molecule has 1 fully saturated rings. The number of nitrogens with one attached hydrogen (secondary N) is 1. The Labute approximate surface area is 165 Å². The average Bonchev–Trinajstić information content (AvgIpc) is 2.92. The zero-order valence-electron chi connectivity index (χ0n) is 14.9. The summed E-state index contributed by atoms with van der Waals surface area (Å²) in [5, 5.41) is 2.82. The standard InChI is InChI=1S/C19H22ClNO4S2/c1-14-2-8-17(9-3-14)27(24,25)19-13-26(22,23)12-18(19)21-11-10-15-4-6-16(20)7-5-15/h2-9,18-19,21H,10-13H2,1H3. The predicted molar refractivity (Wildman–Crippen MR) is 108 cm³/mol. The zero-order valence-corrected chi connectivity index (χ0v) is 17.3. The van der Waals surface area contributed by atoms with Gasteiger partial charge in [0.25, 0.3) is 0 Å². The molecule has 5 nitrogen and oxygen atoms in total. The van der Waals surface area contributed by atoms with Gasteiger partial charge in [-0.3, -0.25) is 0 Å². The fourth-order valence-corrected chi connectivity index (χ4v) is 8.11. The summed E-state index contributed by atoms with van der Waals surface area (Å²) < 4.78 is 50.3. The smallest absolute Gasteiger partial charge is 0.183 e. The molecule has 0 amide bonds. The van der Waals surface area contributed by atoms with Crippen molar-refractivity contribution in [3.63, 3.8) is 0 Å². The molecule has 3 rings (SSSR count). The summed E-state index contributed by atoms with van der Waals surface area (Å²) in [6.07, 6.45) is 0.658. The van der Waals surface area contributed by atoms with Crippen LogP contribution < -0.4 is 5.32 Å². The molecule has 2 aromatic carbocycles. The minimum atomic E-state index is -3.74. The van der Waals surface area contributed by atoms with Gasteiger partial charge in [-0.1, -0.05) is 41.4 Å². The molecule has 0 aliphatic carbocycles. The van der Waals surface area contributed by atoms with E-state index in [1.165, 1.54) is 0 Å². The Morgan fingerprint density at radius 2 is 1.67 bits per heavy atom. The second-order valence-corrected chi connectivity index (χ2v) is 11.7. The van der Waals surface area contributed by atoms with Crippen LogP contribution in [0.5, 0.6) is 0 Å². The van der Waals surface area contributed by atoms with E-state index in [0.717, 1.165) is 11.1 Å². The van der Waals surface area contributed by atoms with Crippen molar-refractivity contribution in [2.45, 2.75) is 29.5 Å². The van der Waals surface area contributed by atoms with Crippen LogP contribution in [-0.4, -0.2) is 46.2 Å². The van der Waals surface area contributed by atoms with Crippen LogP contribution in [0.1, 0.15) is 11.1 Å². The Kier molecular flexibility index (Phi) is 5.96. The van der Waals surface area contributed by atoms with E-state index in [0.29, 0.717) is 18.0 Å². The number of aryl methyl sites for hydroxylation is 1. The summed E-state index contributed by atoms with van der Waals surface area (Å²) in [5.74, 6) is -0.509. The van der Waals surface area contributed by atoms with E-state index in [2.05, 4.69) is 5.32 Å². The van der Waals surface area contributed by atoms with Crippen molar-refractivity contribution >= 4 is 31.3 Å². The summed E-state index contributed by atoms with van der Waals surface area (Å²) in [5.41, 5.74) is 2.00. The van der Waals surface area contributed by atoms with Gasteiger partial charge in [-0.2, -0.15) is 0 Å². The largest absolute Gasteiger partial charge is 0.311 e. The monoisotopic (exact) mass is 427 g/mol. The van der Waals surface area contributed by atoms with Crippen LogP contribution in [0.3, 0.4) is 0 Å². The van der Waals surface area contributed by atoms with Crippen LogP contribution in [-0.2, 0) is 26.1 Å². The normalized spacial score (nSPS) is 22.0. The third kappa shape index (κ3) is 4.90. The number of hydrogen-bond donors (Lipinski definition) is 1.